The van der Waals surface area contributed by atoms with E-state index in [2.05, 4.69) is 14.8 Å². The Morgan fingerprint density at radius 3 is 2.56 bits per heavy atom. The van der Waals surface area contributed by atoms with Crippen LogP contribution in [0.3, 0.4) is 0 Å². The first-order chi connectivity index (χ1) is 20.9. The molecule has 2 fully saturated rings. The standard InChI is InChI=1S/C32H34FN5O5/c1-34-31(39)21-5-6-23(25(33)15-21)19-43-30-4-2-3-26(36-30)20-9-12-37(13-10-20)18-29-35-27-8-7-22(32(40)41)16-28(27)38(29)17-24-11-14-42-24/h2-8,15-16,20,24H,9-14,17-19H2,1H3,(H,34,39)(H,40,41)/t24-/m0/s1. The number of rotatable bonds is 10. The minimum atomic E-state index is -0.954. The number of ether oxygens (including phenoxy) is 2. The van der Waals surface area contributed by atoms with Gasteiger partial charge < -0.3 is 24.5 Å². The van der Waals surface area contributed by atoms with Crippen LogP contribution in [-0.2, 0) is 24.4 Å². The van der Waals surface area contributed by atoms with Crippen LogP contribution in [0.15, 0.2) is 54.6 Å². The van der Waals surface area contributed by atoms with Crippen LogP contribution in [0, 0.1) is 5.82 Å². The molecule has 0 spiro atoms. The first-order valence-electron chi connectivity index (χ1n) is 14.5. The van der Waals surface area contributed by atoms with E-state index < -0.39 is 11.8 Å². The zero-order chi connectivity index (χ0) is 29.9. The lowest BCUT2D eigenvalue weighted by Gasteiger charge is -2.32. The minimum absolute atomic E-state index is 0.00953. The smallest absolute Gasteiger partial charge is 0.335 e. The Labute approximate surface area is 248 Å². The summed E-state index contributed by atoms with van der Waals surface area (Å²) >= 11 is 0. The van der Waals surface area contributed by atoms with E-state index in [1.54, 1.807) is 36.4 Å². The van der Waals surface area contributed by atoms with Crippen molar-refractivity contribution in [1.82, 2.24) is 24.8 Å². The van der Waals surface area contributed by atoms with Crippen LogP contribution in [-0.4, -0.2) is 69.3 Å². The van der Waals surface area contributed by atoms with Crippen LogP contribution < -0.4 is 10.1 Å². The van der Waals surface area contributed by atoms with E-state index >= 15 is 0 Å². The number of halogens is 1. The quantitative estimate of drug-likeness (QED) is 0.281. The molecule has 43 heavy (non-hydrogen) atoms. The number of amides is 1. The summed E-state index contributed by atoms with van der Waals surface area (Å²) in [7, 11) is 1.50. The molecule has 2 N–H and O–H groups in total. The lowest BCUT2D eigenvalue weighted by atomic mass is 9.93. The number of nitrogens with zero attached hydrogens (tertiary/aromatic N) is 4. The molecular weight excluding hydrogens is 553 g/mol. The Bertz CT molecular complexity index is 1640. The van der Waals surface area contributed by atoms with Crippen molar-refractivity contribution in [1.29, 1.82) is 0 Å². The third kappa shape index (κ3) is 6.37. The molecule has 224 valence electrons. The van der Waals surface area contributed by atoms with E-state index in [1.165, 1.54) is 13.1 Å². The van der Waals surface area contributed by atoms with E-state index in [0.717, 1.165) is 61.5 Å². The number of imidazole rings is 1. The van der Waals surface area contributed by atoms with Crippen LogP contribution in [0.5, 0.6) is 5.88 Å². The van der Waals surface area contributed by atoms with Gasteiger partial charge in [0.15, 0.2) is 0 Å². The first kappa shape index (κ1) is 28.8. The number of aromatic nitrogens is 3. The number of piperidine rings is 1. The number of pyridine rings is 1. The second-order valence-electron chi connectivity index (χ2n) is 11.1. The molecule has 0 bridgehead atoms. The zero-order valence-electron chi connectivity index (χ0n) is 24.0. The maximum absolute atomic E-state index is 14.5. The fourth-order valence-electron chi connectivity index (χ4n) is 5.69. The van der Waals surface area contributed by atoms with Crippen molar-refractivity contribution in [2.75, 3.05) is 26.7 Å². The maximum Gasteiger partial charge on any atom is 0.335 e. The highest BCUT2D eigenvalue weighted by Crippen LogP contribution is 2.30. The lowest BCUT2D eigenvalue weighted by Crippen LogP contribution is -2.35. The number of likely N-dealkylation sites (tertiary alicyclic amines) is 1. The van der Waals surface area contributed by atoms with Gasteiger partial charge in [0, 0.05) is 42.5 Å². The van der Waals surface area contributed by atoms with Gasteiger partial charge in [0.05, 0.1) is 35.8 Å². The zero-order valence-corrected chi connectivity index (χ0v) is 24.0. The molecule has 2 saturated heterocycles. The van der Waals surface area contributed by atoms with Crippen molar-refractivity contribution in [3.05, 3.63) is 88.6 Å². The van der Waals surface area contributed by atoms with Crippen molar-refractivity contribution in [2.45, 2.75) is 51.0 Å². The third-order valence-corrected chi connectivity index (χ3v) is 8.29. The van der Waals surface area contributed by atoms with Crippen molar-refractivity contribution >= 4 is 22.9 Å². The van der Waals surface area contributed by atoms with Gasteiger partial charge in [-0.05, 0) is 68.8 Å². The van der Waals surface area contributed by atoms with Crippen LogP contribution >= 0.6 is 0 Å². The summed E-state index contributed by atoms with van der Waals surface area (Å²) in [6, 6.07) is 15.1. The summed E-state index contributed by atoms with van der Waals surface area (Å²) in [4.78, 5) is 35.3. The highest BCUT2D eigenvalue weighted by atomic mass is 19.1. The summed E-state index contributed by atoms with van der Waals surface area (Å²) in [5, 5.41) is 12.0. The molecule has 4 aromatic rings. The number of carboxylic acid groups (broad SMARTS) is 1. The van der Waals surface area contributed by atoms with Crippen molar-refractivity contribution in [2.24, 2.45) is 0 Å². The van der Waals surface area contributed by atoms with Gasteiger partial charge in [-0.25, -0.2) is 19.2 Å². The number of aromatic carboxylic acids is 1. The molecule has 11 heteroatoms. The Balaban J connectivity index is 1.09. The van der Waals surface area contributed by atoms with Gasteiger partial charge in [-0.1, -0.05) is 12.1 Å². The van der Waals surface area contributed by atoms with E-state index in [4.69, 9.17) is 19.4 Å². The topological polar surface area (TPSA) is 119 Å². The third-order valence-electron chi connectivity index (χ3n) is 8.29. The van der Waals surface area contributed by atoms with E-state index in [-0.39, 0.29) is 35.7 Å². The highest BCUT2D eigenvalue weighted by molar-refractivity contribution is 5.94. The molecule has 2 aliphatic heterocycles. The number of carbonyl (C=O) groups is 2. The molecule has 1 amide bonds. The number of nitrogens with one attached hydrogen (secondary N) is 1. The predicted molar refractivity (Wildman–Crippen MR) is 157 cm³/mol. The molecular formula is C32H34FN5O5. The van der Waals surface area contributed by atoms with Crippen LogP contribution in [0.25, 0.3) is 11.0 Å². The predicted octanol–water partition coefficient (Wildman–Crippen LogP) is 4.38. The van der Waals surface area contributed by atoms with Gasteiger partial charge in [-0.15, -0.1) is 0 Å². The minimum Gasteiger partial charge on any atom is -0.478 e. The van der Waals surface area contributed by atoms with Crippen molar-refractivity contribution in [3.8, 4) is 5.88 Å². The largest absolute Gasteiger partial charge is 0.478 e. The van der Waals surface area contributed by atoms with E-state index in [1.807, 2.05) is 12.1 Å². The molecule has 0 aliphatic carbocycles. The normalized spacial score (nSPS) is 17.5. The molecule has 2 aliphatic rings. The lowest BCUT2D eigenvalue weighted by molar-refractivity contribution is -0.0592. The second kappa shape index (κ2) is 12.5. The van der Waals surface area contributed by atoms with Gasteiger partial charge in [0.1, 0.15) is 18.2 Å². The second-order valence-corrected chi connectivity index (χ2v) is 11.1. The Morgan fingerprint density at radius 2 is 1.86 bits per heavy atom. The molecule has 6 rings (SSSR count). The molecule has 2 aromatic heterocycles. The van der Waals surface area contributed by atoms with Gasteiger partial charge >= 0.3 is 5.97 Å². The molecule has 2 aromatic carbocycles. The summed E-state index contributed by atoms with van der Waals surface area (Å²) in [6.45, 7) is 3.81. The number of carbonyl (C=O) groups excluding carboxylic acids is 1. The molecule has 0 unspecified atom stereocenters. The monoisotopic (exact) mass is 587 g/mol. The maximum atomic E-state index is 14.5. The summed E-state index contributed by atoms with van der Waals surface area (Å²) < 4.78 is 28.1. The number of hydrogen-bond donors (Lipinski definition) is 2. The van der Waals surface area contributed by atoms with Crippen molar-refractivity contribution < 1.29 is 28.6 Å². The number of fused-ring (bicyclic) bond motifs is 1. The molecule has 10 nitrogen and oxygen atoms in total. The van der Waals surface area contributed by atoms with Crippen molar-refractivity contribution in [3.63, 3.8) is 0 Å². The average molecular weight is 588 g/mol. The van der Waals surface area contributed by atoms with Gasteiger partial charge in [0.25, 0.3) is 5.91 Å². The molecule has 0 radical (unpaired) electrons. The summed E-state index contributed by atoms with van der Waals surface area (Å²) in [5.74, 6) is -0.185. The molecule has 1 atom stereocenters. The highest BCUT2D eigenvalue weighted by Gasteiger charge is 2.26. The van der Waals surface area contributed by atoms with Crippen LogP contribution in [0.2, 0.25) is 0 Å². The Morgan fingerprint density at radius 1 is 1.07 bits per heavy atom. The molecule has 0 saturated carbocycles. The average Bonchev–Trinajstić information content (AvgIpc) is 3.34. The Hall–Kier alpha value is -4.35. The van der Waals surface area contributed by atoms with Gasteiger partial charge in [-0.3, -0.25) is 9.69 Å². The first-order valence-corrected chi connectivity index (χ1v) is 14.5. The van der Waals surface area contributed by atoms with E-state index in [0.29, 0.717) is 24.5 Å². The number of carboxylic acids is 1. The Kier molecular flexibility index (Phi) is 8.35. The van der Waals surface area contributed by atoms with Gasteiger partial charge in [-0.2, -0.15) is 0 Å². The SMILES string of the molecule is CNC(=O)c1ccc(COc2cccc(C3CCN(Cc4nc5ccc(C(=O)O)cc5n4C[C@@H]4CCO4)CC3)n2)c(F)c1. The van der Waals surface area contributed by atoms with E-state index in [9.17, 15) is 19.1 Å². The summed E-state index contributed by atoms with van der Waals surface area (Å²) in [5.41, 5.74) is 3.41. The van der Waals surface area contributed by atoms with Gasteiger partial charge in [0.2, 0.25) is 5.88 Å². The fraction of sp³-hybridized carbons (Fsp3) is 0.375. The number of hydrogen-bond acceptors (Lipinski definition) is 7. The molecule has 4 heterocycles. The fourth-order valence-corrected chi connectivity index (χ4v) is 5.69. The van der Waals surface area contributed by atoms with Crippen LogP contribution in [0.1, 0.15) is 63.0 Å². The number of benzene rings is 2. The summed E-state index contributed by atoms with van der Waals surface area (Å²) in [6.07, 6.45) is 2.94. The van der Waals surface area contributed by atoms with Crippen LogP contribution in [0.4, 0.5) is 4.39 Å².